The highest BCUT2D eigenvalue weighted by molar-refractivity contribution is 7.99. The zero-order valence-electron chi connectivity index (χ0n) is 15.0. The Hall–Kier alpha value is -2.40. The summed E-state index contributed by atoms with van der Waals surface area (Å²) in [6.45, 7) is -0.0348. The number of thioether (sulfide) groups is 1. The minimum Gasteiger partial charge on any atom is -0.482 e. The highest BCUT2D eigenvalue weighted by Gasteiger charge is 2.32. The lowest BCUT2D eigenvalue weighted by Gasteiger charge is -2.18. The summed E-state index contributed by atoms with van der Waals surface area (Å²) in [4.78, 5) is 24.0. The van der Waals surface area contributed by atoms with E-state index in [0.29, 0.717) is 34.4 Å². The Kier molecular flexibility index (Phi) is 4.88. The van der Waals surface area contributed by atoms with E-state index in [9.17, 15) is 18.0 Å². The number of hydrogen-bond donors (Lipinski definition) is 1. The molecule has 0 saturated carbocycles. The summed E-state index contributed by atoms with van der Waals surface area (Å²) in [5.41, 5.74) is 0.941. The van der Waals surface area contributed by atoms with Gasteiger partial charge in [-0.25, -0.2) is 8.42 Å². The molecule has 3 heterocycles. The molecule has 28 heavy (non-hydrogen) atoms. The van der Waals surface area contributed by atoms with Crippen LogP contribution in [-0.4, -0.2) is 58.7 Å². The number of sulfone groups is 1. The van der Waals surface area contributed by atoms with E-state index in [2.05, 4.69) is 15.5 Å². The number of ether oxygens (including phenoxy) is 1. The zero-order chi connectivity index (χ0) is 19.9. The Balaban J connectivity index is 1.43. The quantitative estimate of drug-likeness (QED) is 0.560. The predicted octanol–water partition coefficient (Wildman–Crippen LogP) is 1.02. The van der Waals surface area contributed by atoms with Crippen LogP contribution < -0.4 is 10.1 Å². The van der Waals surface area contributed by atoms with Crippen LogP contribution in [-0.2, 0) is 21.7 Å². The molecule has 4 rings (SSSR count). The van der Waals surface area contributed by atoms with Gasteiger partial charge in [0.05, 0.1) is 22.9 Å². The average Bonchev–Trinajstić information content (AvgIpc) is 3.20. The van der Waals surface area contributed by atoms with E-state index < -0.39 is 9.84 Å². The number of hydrogen-bond acceptors (Lipinski definition) is 8. The van der Waals surface area contributed by atoms with Crippen molar-refractivity contribution in [3.8, 4) is 5.75 Å². The van der Waals surface area contributed by atoms with Crippen molar-refractivity contribution in [2.45, 2.75) is 17.5 Å². The third kappa shape index (κ3) is 3.76. The van der Waals surface area contributed by atoms with Crippen LogP contribution in [0.4, 0.5) is 5.69 Å². The van der Waals surface area contributed by atoms with Gasteiger partial charge in [-0.1, -0.05) is 11.8 Å². The predicted molar refractivity (Wildman–Crippen MR) is 103 cm³/mol. The summed E-state index contributed by atoms with van der Waals surface area (Å²) in [7, 11) is -1.23. The number of benzene rings is 1. The first-order chi connectivity index (χ1) is 13.3. The molecule has 2 aliphatic rings. The Morgan fingerprint density at radius 1 is 1.39 bits per heavy atom. The Morgan fingerprint density at radius 3 is 2.96 bits per heavy atom. The van der Waals surface area contributed by atoms with Crippen LogP contribution in [0.25, 0.3) is 0 Å². The topological polar surface area (TPSA) is 120 Å². The molecule has 2 aromatic rings. The van der Waals surface area contributed by atoms with E-state index in [1.54, 1.807) is 29.8 Å². The van der Waals surface area contributed by atoms with Crippen molar-refractivity contribution in [1.82, 2.24) is 14.8 Å². The van der Waals surface area contributed by atoms with Gasteiger partial charge in [0.25, 0.3) is 5.91 Å². The third-order valence-corrected chi connectivity index (χ3v) is 7.52. The fraction of sp³-hybridized carbons (Fsp3) is 0.412. The zero-order valence-corrected chi connectivity index (χ0v) is 16.7. The largest absolute Gasteiger partial charge is 0.482 e. The van der Waals surface area contributed by atoms with Gasteiger partial charge >= 0.3 is 0 Å². The van der Waals surface area contributed by atoms with Crippen LogP contribution >= 0.6 is 11.8 Å². The smallest absolute Gasteiger partial charge is 0.262 e. The number of fused-ring (bicyclic) bond motifs is 1. The molecule has 1 N–H and O–H groups in total. The standard InChI is InChI=1S/C17H18N4O5S2/c1-21-16(11-4-5-28(24,25)9-11)19-20-17(21)27-8-13(22)10-2-3-14-12(6-10)18-15(23)7-26-14/h2-3,6,11H,4-5,7-9H2,1H3,(H,18,23)/t11-/m0/s1. The SMILES string of the molecule is Cn1c(SCC(=O)c2ccc3c(c2)NC(=O)CO3)nnc1[C@H]1CCS(=O)(=O)C1. The third-order valence-electron chi connectivity index (χ3n) is 4.73. The molecule has 1 fully saturated rings. The van der Waals surface area contributed by atoms with Gasteiger partial charge < -0.3 is 14.6 Å². The summed E-state index contributed by atoms with van der Waals surface area (Å²) < 4.78 is 30.4. The number of carbonyl (C=O) groups excluding carboxylic acids is 2. The van der Waals surface area contributed by atoms with Crippen molar-refractivity contribution in [2.24, 2.45) is 7.05 Å². The van der Waals surface area contributed by atoms with E-state index in [1.165, 1.54) is 11.8 Å². The van der Waals surface area contributed by atoms with Gasteiger partial charge in [-0.2, -0.15) is 0 Å². The summed E-state index contributed by atoms with van der Waals surface area (Å²) in [5.74, 6) is 1.03. The van der Waals surface area contributed by atoms with Crippen LogP contribution in [0.15, 0.2) is 23.4 Å². The molecule has 0 unspecified atom stereocenters. The number of ketones is 1. The maximum atomic E-state index is 12.5. The molecule has 2 aliphatic heterocycles. The van der Waals surface area contributed by atoms with Crippen molar-refractivity contribution in [3.05, 3.63) is 29.6 Å². The fourth-order valence-electron chi connectivity index (χ4n) is 3.28. The molecule has 9 nitrogen and oxygen atoms in total. The van der Waals surface area contributed by atoms with Gasteiger partial charge in [-0.3, -0.25) is 9.59 Å². The molecule has 1 atom stereocenters. The summed E-state index contributed by atoms with van der Waals surface area (Å²) >= 11 is 1.24. The van der Waals surface area contributed by atoms with Crippen LogP contribution in [0.3, 0.4) is 0 Å². The molecule has 1 aromatic carbocycles. The minimum atomic E-state index is -3.01. The second kappa shape index (κ2) is 7.21. The first kappa shape index (κ1) is 18.9. The van der Waals surface area contributed by atoms with Gasteiger partial charge in [0.1, 0.15) is 11.6 Å². The lowest BCUT2D eigenvalue weighted by Crippen LogP contribution is -2.25. The van der Waals surface area contributed by atoms with Crippen molar-refractivity contribution >= 4 is 39.0 Å². The van der Waals surface area contributed by atoms with Gasteiger partial charge in [-0.15, -0.1) is 10.2 Å². The van der Waals surface area contributed by atoms with Crippen LogP contribution in [0.1, 0.15) is 28.5 Å². The highest BCUT2D eigenvalue weighted by Crippen LogP contribution is 2.31. The molecule has 1 aromatic heterocycles. The lowest BCUT2D eigenvalue weighted by atomic mass is 10.1. The van der Waals surface area contributed by atoms with Gasteiger partial charge in [0.2, 0.25) is 0 Å². The van der Waals surface area contributed by atoms with Crippen LogP contribution in [0.5, 0.6) is 5.75 Å². The van der Waals surface area contributed by atoms with Crippen molar-refractivity contribution < 1.29 is 22.7 Å². The number of nitrogens with one attached hydrogen (secondary N) is 1. The monoisotopic (exact) mass is 422 g/mol. The van der Waals surface area contributed by atoms with Gasteiger partial charge in [0.15, 0.2) is 27.4 Å². The minimum absolute atomic E-state index is 0.0348. The van der Waals surface area contributed by atoms with Crippen LogP contribution in [0.2, 0.25) is 0 Å². The molecule has 0 spiro atoms. The lowest BCUT2D eigenvalue weighted by molar-refractivity contribution is -0.118. The van der Waals surface area contributed by atoms with Gasteiger partial charge in [0, 0.05) is 18.5 Å². The molecule has 0 radical (unpaired) electrons. The number of Topliss-reactive ketones (excluding diaryl/α,β-unsaturated/α-hetero) is 1. The normalized spacial score (nSPS) is 20.3. The highest BCUT2D eigenvalue weighted by atomic mass is 32.2. The molecule has 1 saturated heterocycles. The van der Waals surface area contributed by atoms with Crippen LogP contribution in [0, 0.1) is 0 Å². The first-order valence-electron chi connectivity index (χ1n) is 8.65. The Bertz CT molecular complexity index is 1060. The second-order valence-corrected chi connectivity index (χ2v) is 9.93. The van der Waals surface area contributed by atoms with Crippen molar-refractivity contribution in [3.63, 3.8) is 0 Å². The van der Waals surface area contributed by atoms with E-state index >= 15 is 0 Å². The maximum Gasteiger partial charge on any atom is 0.262 e. The molecular formula is C17H18N4O5S2. The Labute approximate surface area is 165 Å². The fourth-order valence-corrected chi connectivity index (χ4v) is 5.83. The molecule has 11 heteroatoms. The van der Waals surface area contributed by atoms with Gasteiger partial charge in [-0.05, 0) is 24.6 Å². The Morgan fingerprint density at radius 2 is 2.21 bits per heavy atom. The number of amides is 1. The number of nitrogens with zero attached hydrogens (tertiary/aromatic N) is 3. The van der Waals surface area contributed by atoms with Crippen molar-refractivity contribution in [1.29, 1.82) is 0 Å². The molecular weight excluding hydrogens is 404 g/mol. The maximum absolute atomic E-state index is 12.5. The van der Waals surface area contributed by atoms with E-state index in [1.807, 2.05) is 0 Å². The number of anilines is 1. The molecule has 0 aliphatic carbocycles. The van der Waals surface area contributed by atoms with E-state index in [4.69, 9.17) is 4.74 Å². The number of aromatic nitrogens is 3. The summed E-state index contributed by atoms with van der Waals surface area (Å²) in [6.07, 6.45) is 0.542. The summed E-state index contributed by atoms with van der Waals surface area (Å²) in [6, 6.07) is 4.92. The molecule has 0 bridgehead atoms. The average molecular weight is 422 g/mol. The summed E-state index contributed by atoms with van der Waals surface area (Å²) in [5, 5.41) is 11.5. The van der Waals surface area contributed by atoms with Crippen molar-refractivity contribution in [2.75, 3.05) is 29.2 Å². The number of rotatable bonds is 5. The second-order valence-electron chi connectivity index (χ2n) is 6.76. The molecule has 1 amide bonds. The molecule has 148 valence electrons. The first-order valence-corrected chi connectivity index (χ1v) is 11.5. The number of carbonyl (C=O) groups is 2. The van der Waals surface area contributed by atoms with E-state index in [0.717, 1.165) is 0 Å². The van der Waals surface area contributed by atoms with E-state index in [-0.39, 0.29) is 41.5 Å².